The first-order valence-electron chi connectivity index (χ1n) is 11.6. The molecule has 3 aliphatic carbocycles. The minimum atomic E-state index is -1.01. The van der Waals surface area contributed by atoms with E-state index in [0.717, 1.165) is 28.7 Å². The standard InChI is InChI=1S/C26H28N2O5/c29-24(30)12-11-22(25(31)27-23-13-20(23)15-9-10-15)28-26(32)33-14-21-18-7-3-1-5-16(18)17-6-2-4-8-19(17)21/h1-8,15,20-23H,9-14H2,(H,27,31)(H,28,32)(H,29,30). The lowest BCUT2D eigenvalue weighted by Crippen LogP contribution is -2.48. The molecule has 3 atom stereocenters. The van der Waals surface area contributed by atoms with Crippen LogP contribution in [0.15, 0.2) is 48.5 Å². The van der Waals surface area contributed by atoms with Gasteiger partial charge < -0.3 is 20.5 Å². The fourth-order valence-corrected chi connectivity index (χ4v) is 5.03. The molecular formula is C26H28N2O5. The Morgan fingerprint density at radius 3 is 2.24 bits per heavy atom. The molecule has 0 saturated heterocycles. The molecule has 33 heavy (non-hydrogen) atoms. The van der Waals surface area contributed by atoms with Gasteiger partial charge in [-0.1, -0.05) is 48.5 Å². The van der Waals surface area contributed by atoms with Crippen LogP contribution in [0.1, 0.15) is 49.1 Å². The predicted octanol–water partition coefficient (Wildman–Crippen LogP) is 3.67. The van der Waals surface area contributed by atoms with Crippen LogP contribution in [0, 0.1) is 11.8 Å². The summed E-state index contributed by atoms with van der Waals surface area (Å²) >= 11 is 0. The fraction of sp³-hybridized carbons (Fsp3) is 0.423. The van der Waals surface area contributed by atoms with Crippen LogP contribution in [0.25, 0.3) is 11.1 Å². The smallest absolute Gasteiger partial charge is 0.407 e. The fourth-order valence-electron chi connectivity index (χ4n) is 5.03. The van der Waals surface area contributed by atoms with Crippen molar-refractivity contribution in [1.29, 1.82) is 0 Å². The minimum absolute atomic E-state index is 0.0200. The number of benzene rings is 2. The molecule has 0 aliphatic heterocycles. The molecule has 2 amide bonds. The zero-order valence-corrected chi connectivity index (χ0v) is 18.3. The summed E-state index contributed by atoms with van der Waals surface area (Å²) in [5.74, 6) is -0.186. The van der Waals surface area contributed by atoms with Crippen molar-refractivity contribution in [2.45, 2.75) is 50.1 Å². The Kier molecular flexibility index (Phi) is 5.79. The second-order valence-electron chi connectivity index (χ2n) is 9.31. The molecule has 3 unspecified atom stereocenters. The maximum Gasteiger partial charge on any atom is 0.407 e. The number of carboxylic acids is 1. The lowest BCUT2D eigenvalue weighted by Gasteiger charge is -2.19. The number of alkyl carbamates (subject to hydrolysis) is 1. The molecule has 172 valence electrons. The molecule has 2 aromatic rings. The van der Waals surface area contributed by atoms with Crippen LogP contribution in [0.5, 0.6) is 0 Å². The molecule has 0 spiro atoms. The number of amides is 2. The van der Waals surface area contributed by atoms with E-state index in [4.69, 9.17) is 9.84 Å². The number of aliphatic carboxylic acids is 1. The Bertz CT molecular complexity index is 1030. The van der Waals surface area contributed by atoms with Crippen LogP contribution in [-0.4, -0.2) is 41.8 Å². The SMILES string of the molecule is O=C(O)CCC(NC(=O)OCC1c2ccccc2-c2ccccc21)C(=O)NC1CC1C1CC1. The van der Waals surface area contributed by atoms with Gasteiger partial charge in [-0.2, -0.15) is 0 Å². The van der Waals surface area contributed by atoms with E-state index in [1.54, 1.807) is 0 Å². The highest BCUT2D eigenvalue weighted by molar-refractivity contribution is 5.86. The summed E-state index contributed by atoms with van der Waals surface area (Å²) < 4.78 is 5.54. The van der Waals surface area contributed by atoms with E-state index in [0.29, 0.717) is 11.8 Å². The molecule has 2 saturated carbocycles. The van der Waals surface area contributed by atoms with Crippen LogP contribution < -0.4 is 10.6 Å². The van der Waals surface area contributed by atoms with Gasteiger partial charge in [0.05, 0.1) is 0 Å². The Hall–Kier alpha value is -3.35. The van der Waals surface area contributed by atoms with E-state index in [9.17, 15) is 14.4 Å². The molecular weight excluding hydrogens is 420 g/mol. The average Bonchev–Trinajstić information content (AvgIpc) is 3.73. The summed E-state index contributed by atoms with van der Waals surface area (Å²) in [6.45, 7) is 0.138. The van der Waals surface area contributed by atoms with Crippen LogP contribution >= 0.6 is 0 Å². The zero-order valence-electron chi connectivity index (χ0n) is 18.3. The van der Waals surface area contributed by atoms with Crippen molar-refractivity contribution in [2.24, 2.45) is 11.8 Å². The lowest BCUT2D eigenvalue weighted by atomic mass is 9.98. The second kappa shape index (κ2) is 8.89. The molecule has 7 nitrogen and oxygen atoms in total. The Balaban J connectivity index is 1.21. The molecule has 0 radical (unpaired) electrons. The third-order valence-electron chi connectivity index (χ3n) is 6.99. The van der Waals surface area contributed by atoms with Gasteiger partial charge in [0.25, 0.3) is 0 Å². The molecule has 5 rings (SSSR count). The Morgan fingerprint density at radius 2 is 1.64 bits per heavy atom. The maximum absolute atomic E-state index is 12.7. The molecule has 0 heterocycles. The van der Waals surface area contributed by atoms with E-state index in [1.165, 1.54) is 12.8 Å². The predicted molar refractivity (Wildman–Crippen MR) is 122 cm³/mol. The van der Waals surface area contributed by atoms with Crippen molar-refractivity contribution in [3.05, 3.63) is 59.7 Å². The minimum Gasteiger partial charge on any atom is -0.481 e. The summed E-state index contributed by atoms with van der Waals surface area (Å²) in [6.07, 6.45) is 2.50. The number of hydrogen-bond donors (Lipinski definition) is 3. The summed E-state index contributed by atoms with van der Waals surface area (Å²) in [5, 5.41) is 14.6. The highest BCUT2D eigenvalue weighted by Crippen LogP contribution is 2.50. The van der Waals surface area contributed by atoms with E-state index >= 15 is 0 Å². The average molecular weight is 449 g/mol. The topological polar surface area (TPSA) is 105 Å². The van der Waals surface area contributed by atoms with Gasteiger partial charge >= 0.3 is 12.1 Å². The normalized spacial score (nSPS) is 21.5. The second-order valence-corrected chi connectivity index (χ2v) is 9.31. The largest absolute Gasteiger partial charge is 0.481 e. The van der Waals surface area contributed by atoms with Gasteiger partial charge in [0.15, 0.2) is 0 Å². The van der Waals surface area contributed by atoms with E-state index in [-0.39, 0.29) is 37.3 Å². The first kappa shape index (κ1) is 21.5. The van der Waals surface area contributed by atoms with Crippen LogP contribution in [0.4, 0.5) is 4.79 Å². The van der Waals surface area contributed by atoms with Crippen LogP contribution in [0.2, 0.25) is 0 Å². The van der Waals surface area contributed by atoms with Gasteiger partial charge in [0.2, 0.25) is 5.91 Å². The van der Waals surface area contributed by atoms with Gasteiger partial charge in [-0.15, -0.1) is 0 Å². The van der Waals surface area contributed by atoms with Crippen molar-refractivity contribution < 1.29 is 24.2 Å². The molecule has 0 aromatic heterocycles. The first-order valence-corrected chi connectivity index (χ1v) is 11.6. The summed E-state index contributed by atoms with van der Waals surface area (Å²) in [4.78, 5) is 36.4. The van der Waals surface area contributed by atoms with Crippen molar-refractivity contribution in [3.63, 3.8) is 0 Å². The van der Waals surface area contributed by atoms with E-state index in [2.05, 4.69) is 22.8 Å². The Morgan fingerprint density at radius 1 is 1.00 bits per heavy atom. The van der Waals surface area contributed by atoms with Crippen molar-refractivity contribution in [1.82, 2.24) is 10.6 Å². The van der Waals surface area contributed by atoms with E-state index < -0.39 is 18.1 Å². The van der Waals surface area contributed by atoms with Crippen molar-refractivity contribution in [3.8, 4) is 11.1 Å². The summed E-state index contributed by atoms with van der Waals surface area (Å²) in [6, 6.07) is 15.3. The van der Waals surface area contributed by atoms with Crippen molar-refractivity contribution >= 4 is 18.0 Å². The monoisotopic (exact) mass is 448 g/mol. The zero-order chi connectivity index (χ0) is 22.9. The third-order valence-corrected chi connectivity index (χ3v) is 6.99. The highest BCUT2D eigenvalue weighted by atomic mass is 16.5. The molecule has 7 heteroatoms. The summed E-state index contributed by atoms with van der Waals surface area (Å²) in [5.41, 5.74) is 4.48. The number of fused-ring (bicyclic) bond motifs is 3. The number of rotatable bonds is 9. The van der Waals surface area contributed by atoms with Gasteiger partial charge in [-0.3, -0.25) is 9.59 Å². The number of carbonyl (C=O) groups excluding carboxylic acids is 2. The lowest BCUT2D eigenvalue weighted by molar-refractivity contribution is -0.137. The third kappa shape index (κ3) is 4.72. The van der Waals surface area contributed by atoms with Crippen molar-refractivity contribution in [2.75, 3.05) is 6.61 Å². The van der Waals surface area contributed by atoms with Crippen LogP contribution in [0.3, 0.4) is 0 Å². The first-order chi connectivity index (χ1) is 16.0. The van der Waals surface area contributed by atoms with Gasteiger partial charge in [0, 0.05) is 18.4 Å². The number of carboxylic acid groups (broad SMARTS) is 1. The summed E-state index contributed by atoms with van der Waals surface area (Å²) in [7, 11) is 0. The highest BCUT2D eigenvalue weighted by Gasteiger charge is 2.48. The quantitative estimate of drug-likeness (QED) is 0.543. The molecule has 3 aliphatic rings. The molecule has 3 N–H and O–H groups in total. The van der Waals surface area contributed by atoms with Gasteiger partial charge in [-0.25, -0.2) is 4.79 Å². The molecule has 0 bridgehead atoms. The Labute approximate surface area is 192 Å². The van der Waals surface area contributed by atoms with Gasteiger partial charge in [0.1, 0.15) is 12.6 Å². The van der Waals surface area contributed by atoms with Crippen LogP contribution in [-0.2, 0) is 14.3 Å². The number of ether oxygens (including phenoxy) is 1. The number of carbonyl (C=O) groups is 3. The molecule has 2 fully saturated rings. The number of nitrogens with one attached hydrogen (secondary N) is 2. The van der Waals surface area contributed by atoms with Gasteiger partial charge in [-0.05, 0) is 59.8 Å². The maximum atomic E-state index is 12.7. The molecule has 2 aromatic carbocycles. The number of hydrogen-bond acceptors (Lipinski definition) is 4. The van der Waals surface area contributed by atoms with E-state index in [1.807, 2.05) is 36.4 Å².